The third-order valence-corrected chi connectivity index (χ3v) is 12.4. The summed E-state index contributed by atoms with van der Waals surface area (Å²) >= 11 is 3.91. The van der Waals surface area contributed by atoms with Gasteiger partial charge in [-0.25, -0.2) is 0 Å². The van der Waals surface area contributed by atoms with Crippen molar-refractivity contribution in [3.63, 3.8) is 0 Å². The Labute approximate surface area is 174 Å². The van der Waals surface area contributed by atoms with Gasteiger partial charge >= 0.3 is 0 Å². The number of unbranched alkanes of at least 4 members (excludes halogenated alkanes) is 2. The highest BCUT2D eigenvalue weighted by Gasteiger charge is 2.54. The molecule has 0 spiro atoms. The highest BCUT2D eigenvalue weighted by Crippen LogP contribution is 2.70. The third kappa shape index (κ3) is 8.60. The Bertz CT molecular complexity index is 333. The van der Waals surface area contributed by atoms with Crippen molar-refractivity contribution < 1.29 is 4.18 Å². The van der Waals surface area contributed by atoms with Gasteiger partial charge in [0.05, 0.1) is 12.0 Å². The van der Waals surface area contributed by atoms with Gasteiger partial charge in [0, 0.05) is 0 Å². The van der Waals surface area contributed by atoms with Gasteiger partial charge in [0.15, 0.2) is 0 Å². The first-order valence-corrected chi connectivity index (χ1v) is 15.0. The molecule has 0 amide bonds. The topological polar surface area (TPSA) is 15.8 Å². The first-order chi connectivity index (χ1) is 12.6. The molecule has 26 heavy (non-hydrogen) atoms. The molecular weight excluding hydrogens is 377 g/mol. The zero-order valence-corrected chi connectivity index (χ0v) is 20.8. The lowest BCUT2D eigenvalue weighted by Crippen LogP contribution is -2.34. The lowest BCUT2D eigenvalue weighted by molar-refractivity contribution is 0.167. The van der Waals surface area contributed by atoms with Crippen molar-refractivity contribution in [2.45, 2.75) is 97.3 Å². The van der Waals surface area contributed by atoms with Crippen LogP contribution in [-0.2, 0) is 4.18 Å². The lowest BCUT2D eigenvalue weighted by Gasteiger charge is -2.31. The van der Waals surface area contributed by atoms with Crippen LogP contribution in [0.1, 0.15) is 92.9 Å². The third-order valence-electron chi connectivity index (χ3n) is 5.63. The fourth-order valence-corrected chi connectivity index (χ4v) is 12.0. The molecule has 0 aromatic carbocycles. The van der Waals surface area contributed by atoms with Crippen molar-refractivity contribution in [2.75, 3.05) is 25.4 Å². The van der Waals surface area contributed by atoms with Crippen molar-refractivity contribution in [3.05, 3.63) is 0 Å². The molecule has 0 bridgehead atoms. The SMILES string of the molecule is CCCCC(CC)CP(CC(CC)CCCC)SC1(N(CC)CC)OS1. The van der Waals surface area contributed by atoms with Gasteiger partial charge in [-0.3, -0.25) is 9.08 Å². The van der Waals surface area contributed by atoms with E-state index in [0.717, 1.165) is 24.9 Å². The average molecular weight is 422 g/mol. The molecule has 1 aliphatic heterocycles. The van der Waals surface area contributed by atoms with E-state index in [9.17, 15) is 0 Å². The van der Waals surface area contributed by atoms with E-state index in [4.69, 9.17) is 4.18 Å². The highest BCUT2D eigenvalue weighted by molar-refractivity contribution is 8.59. The van der Waals surface area contributed by atoms with Gasteiger partial charge < -0.3 is 0 Å². The lowest BCUT2D eigenvalue weighted by atomic mass is 10.0. The molecule has 1 saturated heterocycles. The normalized spacial score (nSPS) is 23.2. The number of hydrogen-bond donors (Lipinski definition) is 0. The Balaban J connectivity index is 2.76. The Morgan fingerprint density at radius 1 is 0.885 bits per heavy atom. The second kappa shape index (κ2) is 14.1. The van der Waals surface area contributed by atoms with Gasteiger partial charge in [0.2, 0.25) is 0 Å². The minimum Gasteiger partial charge on any atom is -0.264 e. The molecule has 0 aromatic heterocycles. The summed E-state index contributed by atoms with van der Waals surface area (Å²) in [5, 5.41) is 0. The van der Waals surface area contributed by atoms with Crippen molar-refractivity contribution in [1.29, 1.82) is 0 Å². The van der Waals surface area contributed by atoms with Gasteiger partial charge in [0.25, 0.3) is 4.39 Å². The van der Waals surface area contributed by atoms with Crippen molar-refractivity contribution in [3.8, 4) is 0 Å². The molecule has 156 valence electrons. The molecule has 2 nitrogen and oxygen atoms in total. The van der Waals surface area contributed by atoms with Crippen LogP contribution in [0.3, 0.4) is 0 Å². The van der Waals surface area contributed by atoms with Gasteiger partial charge in [0.1, 0.15) is 0 Å². The van der Waals surface area contributed by atoms with Crippen LogP contribution in [-0.4, -0.2) is 34.7 Å². The first kappa shape index (κ1) is 25.1. The monoisotopic (exact) mass is 421 g/mol. The summed E-state index contributed by atoms with van der Waals surface area (Å²) in [6, 6.07) is 0. The predicted molar refractivity (Wildman–Crippen MR) is 125 cm³/mol. The maximum absolute atomic E-state index is 5.99. The summed E-state index contributed by atoms with van der Waals surface area (Å²) in [6.07, 6.45) is 13.9. The molecule has 0 N–H and O–H groups in total. The van der Waals surface area contributed by atoms with E-state index in [1.165, 1.54) is 63.7 Å². The van der Waals surface area contributed by atoms with E-state index in [-0.39, 0.29) is 11.5 Å². The Morgan fingerprint density at radius 2 is 1.35 bits per heavy atom. The van der Waals surface area contributed by atoms with E-state index in [1.54, 1.807) is 12.0 Å². The molecule has 5 heteroatoms. The molecule has 0 radical (unpaired) electrons. The molecule has 1 aliphatic rings. The van der Waals surface area contributed by atoms with Crippen LogP contribution in [0.5, 0.6) is 0 Å². The molecule has 1 heterocycles. The first-order valence-electron chi connectivity index (χ1n) is 11.1. The van der Waals surface area contributed by atoms with E-state index >= 15 is 0 Å². The maximum atomic E-state index is 5.99. The number of nitrogens with zero attached hydrogens (tertiary/aromatic N) is 1. The number of hydrogen-bond acceptors (Lipinski definition) is 4. The average Bonchev–Trinajstić information content (AvgIpc) is 3.42. The Morgan fingerprint density at radius 3 is 1.65 bits per heavy atom. The summed E-state index contributed by atoms with van der Waals surface area (Å²) in [5.41, 5.74) is 0. The van der Waals surface area contributed by atoms with Gasteiger partial charge in [-0.15, -0.1) is 0 Å². The summed E-state index contributed by atoms with van der Waals surface area (Å²) in [4.78, 5) is 2.51. The molecule has 1 rings (SSSR count). The van der Waals surface area contributed by atoms with Crippen LogP contribution in [0.2, 0.25) is 0 Å². The Hall–Kier alpha value is 1.05. The summed E-state index contributed by atoms with van der Waals surface area (Å²) < 4.78 is 5.93. The minimum absolute atomic E-state index is 0.0244. The van der Waals surface area contributed by atoms with E-state index in [0.29, 0.717) is 0 Å². The van der Waals surface area contributed by atoms with Crippen LogP contribution >= 0.6 is 30.5 Å². The molecule has 0 aliphatic carbocycles. The van der Waals surface area contributed by atoms with Crippen molar-refractivity contribution >= 4 is 30.5 Å². The maximum Gasteiger partial charge on any atom is 0.260 e. The minimum atomic E-state index is -0.0543. The summed E-state index contributed by atoms with van der Waals surface area (Å²) in [6.45, 7) is 16.1. The van der Waals surface area contributed by atoms with Crippen LogP contribution in [0.25, 0.3) is 0 Å². The summed E-state index contributed by atoms with van der Waals surface area (Å²) in [5.74, 6) is 1.82. The van der Waals surface area contributed by atoms with Gasteiger partial charge in [-0.2, -0.15) is 0 Å². The molecule has 3 unspecified atom stereocenters. The van der Waals surface area contributed by atoms with Crippen LogP contribution < -0.4 is 0 Å². The smallest absolute Gasteiger partial charge is 0.260 e. The molecule has 1 fully saturated rings. The fourth-order valence-electron chi connectivity index (χ4n) is 3.56. The van der Waals surface area contributed by atoms with Gasteiger partial charge in [-0.1, -0.05) is 104 Å². The van der Waals surface area contributed by atoms with Crippen LogP contribution in [0.15, 0.2) is 0 Å². The van der Waals surface area contributed by atoms with Crippen LogP contribution in [0.4, 0.5) is 0 Å². The second-order valence-electron chi connectivity index (χ2n) is 7.63. The molecule has 0 aromatic rings. The Kier molecular flexibility index (Phi) is 13.6. The zero-order chi connectivity index (χ0) is 19.4. The predicted octanol–water partition coefficient (Wildman–Crippen LogP) is 8.18. The quantitative estimate of drug-likeness (QED) is 0.102. The standard InChI is InChI=1S/C21H44NOPS2/c1-7-13-15-19(9-3)17-24(18-20(10-4)16-14-8-2)26-21(23-25-21)22(11-5)12-6/h19-20H,7-18H2,1-6H3. The van der Waals surface area contributed by atoms with Crippen molar-refractivity contribution in [2.24, 2.45) is 11.8 Å². The number of rotatable bonds is 17. The molecule has 0 saturated carbocycles. The molecular formula is C21H44NOPS2. The van der Waals surface area contributed by atoms with E-state index in [2.05, 4.69) is 57.8 Å². The second-order valence-corrected chi connectivity index (χ2v) is 13.3. The van der Waals surface area contributed by atoms with Crippen LogP contribution in [0, 0.1) is 11.8 Å². The fraction of sp³-hybridized carbons (Fsp3) is 1.00. The van der Waals surface area contributed by atoms with Gasteiger partial charge in [-0.05, 0) is 44.4 Å². The highest BCUT2D eigenvalue weighted by atomic mass is 32.7. The van der Waals surface area contributed by atoms with E-state index in [1.807, 2.05) is 0 Å². The zero-order valence-electron chi connectivity index (χ0n) is 18.3. The largest absolute Gasteiger partial charge is 0.264 e. The molecule has 3 atom stereocenters. The van der Waals surface area contributed by atoms with E-state index < -0.39 is 0 Å². The summed E-state index contributed by atoms with van der Waals surface area (Å²) in [7, 11) is -0.0244. The van der Waals surface area contributed by atoms with Crippen molar-refractivity contribution in [1.82, 2.24) is 4.90 Å².